The first-order chi connectivity index (χ1) is 13.0. The average molecular weight is 477 g/mol. The van der Waals surface area contributed by atoms with Crippen LogP contribution in [0.25, 0.3) is 22.5 Å². The van der Waals surface area contributed by atoms with Crippen LogP contribution in [-0.4, -0.2) is 24.6 Å². The van der Waals surface area contributed by atoms with Gasteiger partial charge in [0.25, 0.3) is 6.43 Å². The molecule has 1 N–H and O–H groups in total. The summed E-state index contributed by atoms with van der Waals surface area (Å²) in [5.41, 5.74) is 1.19. The first kappa shape index (κ1) is 20.5. The van der Waals surface area contributed by atoms with E-state index in [0.29, 0.717) is 16.3 Å². The number of rotatable bonds is 4. The molecule has 0 aliphatic heterocycles. The molecule has 3 rings (SSSR count). The molecule has 0 radical (unpaired) electrons. The van der Waals surface area contributed by atoms with Gasteiger partial charge in [0, 0.05) is 21.9 Å². The fourth-order valence-electron chi connectivity index (χ4n) is 2.71. The molecular formula is C18H13BrF4N2O2S. The second-order valence-corrected chi connectivity index (χ2v) is 8.96. The Labute approximate surface area is 166 Å². The highest BCUT2D eigenvalue weighted by Crippen LogP contribution is 2.36. The van der Waals surface area contributed by atoms with Gasteiger partial charge in [0.05, 0.1) is 11.4 Å². The lowest BCUT2D eigenvalue weighted by Crippen LogP contribution is -2.05. The Balaban J connectivity index is 2.26. The minimum absolute atomic E-state index is 0.121. The van der Waals surface area contributed by atoms with E-state index in [2.05, 4.69) is 25.9 Å². The minimum Gasteiger partial charge on any atom is -0.337 e. The molecule has 0 saturated carbocycles. The summed E-state index contributed by atoms with van der Waals surface area (Å²) in [7, 11) is -4.15. The fraction of sp³-hybridized carbons (Fsp3) is 0.167. The van der Waals surface area contributed by atoms with Crippen LogP contribution in [0.4, 0.5) is 17.6 Å². The molecule has 4 nitrogen and oxygen atoms in total. The molecule has 1 heterocycles. The van der Waals surface area contributed by atoms with Crippen LogP contribution in [0, 0.1) is 18.6 Å². The number of nitrogens with one attached hydrogen (secondary N) is 1. The molecule has 0 unspecified atom stereocenters. The van der Waals surface area contributed by atoms with E-state index in [9.17, 15) is 26.0 Å². The number of nitrogens with zero attached hydrogens (tertiary/aromatic N) is 1. The molecule has 0 saturated heterocycles. The van der Waals surface area contributed by atoms with Crippen molar-refractivity contribution >= 4 is 25.8 Å². The second-order valence-electron chi connectivity index (χ2n) is 6.15. The maximum Gasteiger partial charge on any atom is 0.295 e. The number of hydrogen-bond acceptors (Lipinski definition) is 3. The molecule has 0 atom stereocenters. The van der Waals surface area contributed by atoms with Crippen LogP contribution < -0.4 is 0 Å². The van der Waals surface area contributed by atoms with E-state index in [-0.39, 0.29) is 17.0 Å². The SMILES string of the molecule is Cc1ccc(-c2[nH]c(C(F)F)nc2-c2cc(F)c(S(C)(=O)=O)c(F)c2)cc1Br. The Hall–Kier alpha value is -2.20. The monoisotopic (exact) mass is 476 g/mol. The quantitative estimate of drug-likeness (QED) is 0.510. The number of aromatic nitrogens is 2. The van der Waals surface area contributed by atoms with Crippen LogP contribution in [-0.2, 0) is 9.84 Å². The van der Waals surface area contributed by atoms with Crippen LogP contribution in [0.1, 0.15) is 17.8 Å². The van der Waals surface area contributed by atoms with Gasteiger partial charge in [-0.15, -0.1) is 0 Å². The van der Waals surface area contributed by atoms with E-state index < -0.39 is 38.6 Å². The molecule has 0 bridgehead atoms. The van der Waals surface area contributed by atoms with Gasteiger partial charge in [-0.1, -0.05) is 28.1 Å². The molecule has 0 fully saturated rings. The van der Waals surface area contributed by atoms with Crippen LogP contribution in [0.5, 0.6) is 0 Å². The standard InChI is InChI=1S/C18H13BrF4N2O2S/c1-8-3-4-9(5-11(8)19)14-15(25-18(24-14)17(22)23)10-6-12(20)16(13(21)7-10)28(2,26)27/h3-7,17H,1-2H3,(H,24,25). The van der Waals surface area contributed by atoms with Gasteiger partial charge < -0.3 is 4.98 Å². The Kier molecular flexibility index (Phi) is 5.37. The summed E-state index contributed by atoms with van der Waals surface area (Å²) < 4.78 is 78.8. The Morgan fingerprint density at radius 2 is 1.68 bits per heavy atom. The predicted molar refractivity (Wildman–Crippen MR) is 99.9 cm³/mol. The summed E-state index contributed by atoms with van der Waals surface area (Å²) in [6.45, 7) is 1.83. The summed E-state index contributed by atoms with van der Waals surface area (Å²) in [5, 5.41) is 0. The third-order valence-electron chi connectivity index (χ3n) is 4.03. The smallest absolute Gasteiger partial charge is 0.295 e. The number of imidazole rings is 1. The molecule has 0 aliphatic rings. The number of alkyl halides is 2. The van der Waals surface area contributed by atoms with Gasteiger partial charge in [-0.05, 0) is 30.7 Å². The number of halogens is 5. The zero-order valence-electron chi connectivity index (χ0n) is 14.5. The van der Waals surface area contributed by atoms with Gasteiger partial charge in [-0.2, -0.15) is 0 Å². The normalized spacial score (nSPS) is 12.0. The third kappa shape index (κ3) is 3.83. The van der Waals surface area contributed by atoms with Crippen molar-refractivity contribution in [2.75, 3.05) is 6.26 Å². The van der Waals surface area contributed by atoms with Crippen molar-refractivity contribution in [2.45, 2.75) is 18.2 Å². The molecule has 1 aromatic heterocycles. The van der Waals surface area contributed by atoms with Crippen molar-refractivity contribution in [3.63, 3.8) is 0 Å². The number of aryl methyl sites for hydroxylation is 1. The predicted octanol–water partition coefficient (Wildman–Crippen LogP) is 5.43. The molecule has 3 aromatic rings. The lowest BCUT2D eigenvalue weighted by atomic mass is 10.0. The number of H-pyrrole nitrogens is 1. The van der Waals surface area contributed by atoms with E-state index in [1.807, 2.05) is 6.92 Å². The minimum atomic E-state index is -4.15. The van der Waals surface area contributed by atoms with Crippen LogP contribution in [0.15, 0.2) is 39.7 Å². The number of benzene rings is 2. The van der Waals surface area contributed by atoms with Gasteiger partial charge in [-0.3, -0.25) is 0 Å². The largest absolute Gasteiger partial charge is 0.337 e. The number of hydrogen-bond donors (Lipinski definition) is 1. The first-order valence-corrected chi connectivity index (χ1v) is 10.5. The average Bonchev–Trinajstić information content (AvgIpc) is 3.01. The second kappa shape index (κ2) is 7.32. The van der Waals surface area contributed by atoms with Crippen LogP contribution in [0.3, 0.4) is 0 Å². The molecule has 28 heavy (non-hydrogen) atoms. The maximum absolute atomic E-state index is 14.3. The van der Waals surface area contributed by atoms with E-state index in [4.69, 9.17) is 0 Å². The topological polar surface area (TPSA) is 62.8 Å². The molecule has 0 spiro atoms. The Morgan fingerprint density at radius 1 is 1.07 bits per heavy atom. The molecule has 148 valence electrons. The lowest BCUT2D eigenvalue weighted by Gasteiger charge is -2.08. The molecule has 0 aliphatic carbocycles. The molecule has 2 aromatic carbocycles. The van der Waals surface area contributed by atoms with Gasteiger partial charge in [-0.25, -0.2) is 31.0 Å². The van der Waals surface area contributed by atoms with Gasteiger partial charge in [0.15, 0.2) is 15.7 Å². The zero-order chi connectivity index (χ0) is 20.8. The number of sulfone groups is 1. The fourth-order valence-corrected chi connectivity index (χ4v) is 3.92. The van der Waals surface area contributed by atoms with Crippen molar-refractivity contribution in [1.82, 2.24) is 9.97 Å². The van der Waals surface area contributed by atoms with E-state index >= 15 is 0 Å². The molecular weight excluding hydrogens is 464 g/mol. The highest BCUT2D eigenvalue weighted by molar-refractivity contribution is 9.10. The van der Waals surface area contributed by atoms with Crippen molar-refractivity contribution in [3.8, 4) is 22.5 Å². The summed E-state index contributed by atoms with van der Waals surface area (Å²) in [6, 6.07) is 6.55. The summed E-state index contributed by atoms with van der Waals surface area (Å²) in [5.74, 6) is -3.32. The summed E-state index contributed by atoms with van der Waals surface area (Å²) in [4.78, 5) is 5.18. The zero-order valence-corrected chi connectivity index (χ0v) is 16.9. The van der Waals surface area contributed by atoms with Crippen molar-refractivity contribution < 1.29 is 26.0 Å². The highest BCUT2D eigenvalue weighted by atomic mass is 79.9. The number of aromatic amines is 1. The van der Waals surface area contributed by atoms with Crippen molar-refractivity contribution in [1.29, 1.82) is 0 Å². The summed E-state index contributed by atoms with van der Waals surface area (Å²) in [6.07, 6.45) is -2.27. The van der Waals surface area contributed by atoms with Gasteiger partial charge in [0.2, 0.25) is 0 Å². The Morgan fingerprint density at radius 3 is 2.18 bits per heavy atom. The van der Waals surface area contributed by atoms with Gasteiger partial charge >= 0.3 is 0 Å². The van der Waals surface area contributed by atoms with Crippen LogP contribution >= 0.6 is 15.9 Å². The highest BCUT2D eigenvalue weighted by Gasteiger charge is 2.25. The van der Waals surface area contributed by atoms with E-state index in [0.717, 1.165) is 17.7 Å². The Bertz CT molecular complexity index is 1150. The first-order valence-electron chi connectivity index (χ1n) is 7.83. The van der Waals surface area contributed by atoms with E-state index in [1.165, 1.54) is 0 Å². The van der Waals surface area contributed by atoms with Crippen molar-refractivity contribution in [2.24, 2.45) is 0 Å². The lowest BCUT2D eigenvalue weighted by molar-refractivity contribution is 0.141. The van der Waals surface area contributed by atoms with Crippen molar-refractivity contribution in [3.05, 3.63) is 57.8 Å². The third-order valence-corrected chi connectivity index (χ3v) is 6.02. The van der Waals surface area contributed by atoms with Gasteiger partial charge in [0.1, 0.15) is 16.5 Å². The molecule has 0 amide bonds. The van der Waals surface area contributed by atoms with Crippen LogP contribution in [0.2, 0.25) is 0 Å². The maximum atomic E-state index is 14.3. The summed E-state index contributed by atoms with van der Waals surface area (Å²) >= 11 is 3.35. The van der Waals surface area contributed by atoms with E-state index in [1.54, 1.807) is 18.2 Å². The molecule has 10 heteroatoms.